The van der Waals surface area contributed by atoms with Crippen molar-refractivity contribution in [3.8, 4) is 5.75 Å². The summed E-state index contributed by atoms with van der Waals surface area (Å²) in [6.07, 6.45) is 0. The van der Waals surface area contributed by atoms with Crippen LogP contribution in [0.1, 0.15) is 26.3 Å². The Labute approximate surface area is 115 Å². The van der Waals surface area contributed by atoms with E-state index in [1.165, 1.54) is 18.2 Å². The summed E-state index contributed by atoms with van der Waals surface area (Å²) in [4.78, 5) is 11.9. The molecule has 0 saturated heterocycles. The summed E-state index contributed by atoms with van der Waals surface area (Å²) in [6, 6.07) is 4.44. The molecule has 1 rings (SSSR count). The second-order valence-corrected chi connectivity index (χ2v) is 5.44. The van der Waals surface area contributed by atoms with Crippen LogP contribution in [0.4, 0.5) is 0 Å². The molecule has 1 aromatic carbocycles. The Morgan fingerprint density at radius 2 is 2.05 bits per heavy atom. The maximum atomic E-state index is 11.7. The fourth-order valence-electron chi connectivity index (χ4n) is 1.46. The molecule has 0 bridgehead atoms. The first-order valence-corrected chi connectivity index (χ1v) is 6.91. The Morgan fingerprint density at radius 3 is 2.53 bits per heavy atom. The van der Waals surface area contributed by atoms with Crippen LogP contribution in [0.25, 0.3) is 0 Å². The zero-order valence-corrected chi connectivity index (χ0v) is 12.2. The molecule has 0 fully saturated rings. The monoisotopic (exact) mass is 285 g/mol. The van der Waals surface area contributed by atoms with Crippen LogP contribution < -0.4 is 4.74 Å². The smallest absolute Gasteiger partial charge is 0.349 e. The number of rotatable bonds is 5. The number of aryl methyl sites for hydroxylation is 1. The highest BCUT2D eigenvalue weighted by atomic mass is 32.2. The first-order valence-electron chi connectivity index (χ1n) is 5.84. The van der Waals surface area contributed by atoms with Gasteiger partial charge in [-0.05, 0) is 62.5 Å². The standard InChI is InChI=1S/C13H18O5S/c1-5-17-12(14)13(3,4)18-11-7-6-10(19(15)16)8-9(11)2/h6-8H,5H2,1-4H3,(H,15,16)/p-1. The van der Waals surface area contributed by atoms with Gasteiger partial charge < -0.3 is 14.0 Å². The lowest BCUT2D eigenvalue weighted by molar-refractivity contribution is -0.158. The zero-order chi connectivity index (χ0) is 14.6. The summed E-state index contributed by atoms with van der Waals surface area (Å²) in [7, 11) is 0. The molecular weight excluding hydrogens is 268 g/mol. The molecule has 1 unspecified atom stereocenters. The molecule has 0 radical (unpaired) electrons. The molecule has 0 heterocycles. The van der Waals surface area contributed by atoms with Gasteiger partial charge in [-0.1, -0.05) is 0 Å². The van der Waals surface area contributed by atoms with Crippen LogP contribution in [0.5, 0.6) is 5.75 Å². The third kappa shape index (κ3) is 4.04. The van der Waals surface area contributed by atoms with Gasteiger partial charge >= 0.3 is 5.97 Å². The summed E-state index contributed by atoms with van der Waals surface area (Å²) in [6.45, 7) is 6.91. The van der Waals surface area contributed by atoms with Gasteiger partial charge in [-0.15, -0.1) is 0 Å². The third-order valence-corrected chi connectivity index (χ3v) is 3.11. The van der Waals surface area contributed by atoms with Gasteiger partial charge in [-0.2, -0.15) is 0 Å². The van der Waals surface area contributed by atoms with Gasteiger partial charge in [0, 0.05) is 4.90 Å². The Kier molecular flexibility index (Phi) is 5.08. The Hall–Kier alpha value is -1.40. The lowest BCUT2D eigenvalue weighted by Crippen LogP contribution is -2.39. The van der Waals surface area contributed by atoms with E-state index < -0.39 is 22.7 Å². The van der Waals surface area contributed by atoms with Crippen molar-refractivity contribution in [1.82, 2.24) is 0 Å². The number of ether oxygens (including phenoxy) is 2. The van der Waals surface area contributed by atoms with E-state index in [0.29, 0.717) is 11.3 Å². The van der Waals surface area contributed by atoms with Gasteiger partial charge in [0.05, 0.1) is 6.61 Å². The molecule has 0 aromatic heterocycles. The minimum absolute atomic E-state index is 0.179. The largest absolute Gasteiger partial charge is 0.768 e. The van der Waals surface area contributed by atoms with E-state index in [1.807, 2.05) is 0 Å². The van der Waals surface area contributed by atoms with E-state index in [1.54, 1.807) is 27.7 Å². The third-order valence-electron chi connectivity index (χ3n) is 2.47. The molecule has 0 saturated carbocycles. The number of esters is 1. The zero-order valence-electron chi connectivity index (χ0n) is 11.4. The summed E-state index contributed by atoms with van der Waals surface area (Å²) in [5.41, 5.74) is -0.488. The molecule has 0 amide bonds. The molecule has 0 aliphatic rings. The Morgan fingerprint density at radius 1 is 1.42 bits per heavy atom. The fourth-order valence-corrected chi connectivity index (χ4v) is 1.91. The molecule has 106 valence electrons. The van der Waals surface area contributed by atoms with Crippen LogP contribution >= 0.6 is 0 Å². The van der Waals surface area contributed by atoms with Crippen molar-refractivity contribution in [1.29, 1.82) is 0 Å². The maximum Gasteiger partial charge on any atom is 0.349 e. The van der Waals surface area contributed by atoms with Crippen molar-refractivity contribution >= 4 is 17.0 Å². The van der Waals surface area contributed by atoms with Crippen LogP contribution in [0.15, 0.2) is 23.1 Å². The van der Waals surface area contributed by atoms with E-state index in [2.05, 4.69) is 0 Å². The van der Waals surface area contributed by atoms with Crippen LogP contribution in [-0.4, -0.2) is 26.9 Å². The average Bonchev–Trinajstić information content (AvgIpc) is 2.31. The van der Waals surface area contributed by atoms with Crippen LogP contribution in [-0.2, 0) is 20.6 Å². The number of hydrogen-bond acceptors (Lipinski definition) is 5. The molecule has 0 aliphatic heterocycles. The van der Waals surface area contributed by atoms with Crippen molar-refractivity contribution < 1.29 is 23.0 Å². The summed E-state index contributed by atoms with van der Waals surface area (Å²) in [5, 5.41) is 0. The summed E-state index contributed by atoms with van der Waals surface area (Å²) < 4.78 is 32.2. The normalized spacial score (nSPS) is 12.9. The number of carbonyl (C=O) groups excluding carboxylic acids is 1. The van der Waals surface area contributed by atoms with E-state index in [9.17, 15) is 13.6 Å². The molecule has 1 atom stereocenters. The van der Waals surface area contributed by atoms with Crippen molar-refractivity contribution in [3.05, 3.63) is 23.8 Å². The van der Waals surface area contributed by atoms with Crippen molar-refractivity contribution in [3.63, 3.8) is 0 Å². The van der Waals surface area contributed by atoms with E-state index in [4.69, 9.17) is 9.47 Å². The Bertz CT molecular complexity index is 496. The molecule has 0 N–H and O–H groups in total. The van der Waals surface area contributed by atoms with Crippen molar-refractivity contribution in [2.75, 3.05) is 6.61 Å². The highest BCUT2D eigenvalue weighted by Crippen LogP contribution is 2.25. The van der Waals surface area contributed by atoms with Gasteiger partial charge in [0.1, 0.15) is 5.75 Å². The lowest BCUT2D eigenvalue weighted by atomic mass is 10.1. The van der Waals surface area contributed by atoms with Gasteiger partial charge in [0.2, 0.25) is 0 Å². The lowest BCUT2D eigenvalue weighted by Gasteiger charge is -2.25. The van der Waals surface area contributed by atoms with Crippen LogP contribution in [0, 0.1) is 6.92 Å². The van der Waals surface area contributed by atoms with Crippen molar-refractivity contribution in [2.24, 2.45) is 0 Å². The SMILES string of the molecule is CCOC(=O)C(C)(C)Oc1ccc(S(=O)[O-])cc1C. The van der Waals surface area contributed by atoms with Gasteiger partial charge in [-0.25, -0.2) is 4.79 Å². The van der Waals surface area contributed by atoms with E-state index >= 15 is 0 Å². The maximum absolute atomic E-state index is 11.7. The van der Waals surface area contributed by atoms with Gasteiger partial charge in [0.25, 0.3) is 0 Å². The first kappa shape index (κ1) is 15.7. The molecule has 0 aliphatic carbocycles. The highest BCUT2D eigenvalue weighted by Gasteiger charge is 2.32. The first-order chi connectivity index (χ1) is 8.77. The minimum Gasteiger partial charge on any atom is -0.768 e. The predicted molar refractivity (Wildman–Crippen MR) is 69.7 cm³/mol. The number of benzene rings is 1. The second kappa shape index (κ2) is 6.16. The summed E-state index contributed by atoms with van der Waals surface area (Å²) in [5.74, 6) is -0.0156. The van der Waals surface area contributed by atoms with Crippen molar-refractivity contribution in [2.45, 2.75) is 38.2 Å². The van der Waals surface area contributed by atoms with Gasteiger partial charge in [0.15, 0.2) is 5.60 Å². The van der Waals surface area contributed by atoms with Gasteiger partial charge in [-0.3, -0.25) is 4.21 Å². The number of carbonyl (C=O) groups is 1. The molecule has 5 nitrogen and oxygen atoms in total. The topological polar surface area (TPSA) is 75.7 Å². The second-order valence-electron chi connectivity index (χ2n) is 4.49. The highest BCUT2D eigenvalue weighted by molar-refractivity contribution is 7.79. The summed E-state index contributed by atoms with van der Waals surface area (Å²) >= 11 is -2.28. The quantitative estimate of drug-likeness (QED) is 0.610. The average molecular weight is 285 g/mol. The number of hydrogen-bond donors (Lipinski definition) is 0. The van der Waals surface area contributed by atoms with Crippen LogP contribution in [0.3, 0.4) is 0 Å². The van der Waals surface area contributed by atoms with Crippen LogP contribution in [0.2, 0.25) is 0 Å². The minimum atomic E-state index is -2.28. The molecule has 0 spiro atoms. The molecule has 1 aromatic rings. The fraction of sp³-hybridized carbons (Fsp3) is 0.462. The van der Waals surface area contributed by atoms with E-state index in [0.717, 1.165) is 0 Å². The molecule has 6 heteroatoms. The Balaban J connectivity index is 2.93. The van der Waals surface area contributed by atoms with E-state index in [-0.39, 0.29) is 11.5 Å². The predicted octanol–water partition coefficient (Wildman–Crippen LogP) is 1.95. The molecular formula is C13H17O5S-. The molecule has 19 heavy (non-hydrogen) atoms.